The molecule has 3 N–H and O–H groups in total. The first-order valence-corrected chi connectivity index (χ1v) is 4.97. The van der Waals surface area contributed by atoms with Crippen LogP contribution in [0.5, 0.6) is 0 Å². The fourth-order valence-corrected chi connectivity index (χ4v) is 1.45. The van der Waals surface area contributed by atoms with Crippen molar-refractivity contribution in [3.05, 3.63) is 36.2 Å². The van der Waals surface area contributed by atoms with Gasteiger partial charge >= 0.3 is 5.97 Å². The van der Waals surface area contributed by atoms with Crippen LogP contribution >= 0.6 is 0 Å². The van der Waals surface area contributed by atoms with Gasteiger partial charge in [-0.2, -0.15) is 0 Å². The third-order valence-corrected chi connectivity index (χ3v) is 2.30. The average Bonchev–Trinajstić information content (AvgIpc) is 2.82. The van der Waals surface area contributed by atoms with Gasteiger partial charge in [0.2, 0.25) is 0 Å². The monoisotopic (exact) mass is 233 g/mol. The molecular weight excluding hydrogens is 222 g/mol. The SMILES string of the molecule is N[C@@H](Cc1cccc(-n2cnnn2)c1)C(=O)O. The highest BCUT2D eigenvalue weighted by molar-refractivity contribution is 5.73. The molecule has 0 fully saturated rings. The molecular formula is C10H11N5O2. The number of nitrogens with two attached hydrogens (primary N) is 1. The maximum absolute atomic E-state index is 10.7. The van der Waals surface area contributed by atoms with Crippen molar-refractivity contribution in [2.24, 2.45) is 5.73 Å². The fraction of sp³-hybridized carbons (Fsp3) is 0.200. The van der Waals surface area contributed by atoms with Crippen molar-refractivity contribution in [1.29, 1.82) is 0 Å². The molecule has 0 saturated carbocycles. The summed E-state index contributed by atoms with van der Waals surface area (Å²) in [4.78, 5) is 10.7. The van der Waals surface area contributed by atoms with Crippen molar-refractivity contribution in [3.8, 4) is 5.69 Å². The zero-order valence-corrected chi connectivity index (χ0v) is 8.89. The Labute approximate surface area is 96.9 Å². The Bertz CT molecular complexity index is 511. The molecule has 88 valence electrons. The summed E-state index contributed by atoms with van der Waals surface area (Å²) >= 11 is 0. The standard InChI is InChI=1S/C10H11N5O2/c11-9(10(16)17)5-7-2-1-3-8(4-7)15-6-12-13-14-15/h1-4,6,9H,5,11H2,(H,16,17)/t9-/m0/s1. The topological polar surface area (TPSA) is 107 Å². The molecule has 7 heteroatoms. The second-order valence-electron chi connectivity index (χ2n) is 3.57. The lowest BCUT2D eigenvalue weighted by molar-refractivity contribution is -0.138. The molecule has 0 aliphatic heterocycles. The van der Waals surface area contributed by atoms with Crippen LogP contribution in [-0.2, 0) is 11.2 Å². The van der Waals surface area contributed by atoms with Gasteiger partial charge in [0, 0.05) is 0 Å². The molecule has 0 aliphatic carbocycles. The van der Waals surface area contributed by atoms with E-state index in [0.717, 1.165) is 11.3 Å². The molecule has 7 nitrogen and oxygen atoms in total. The van der Waals surface area contributed by atoms with Crippen LogP contribution in [0.1, 0.15) is 5.56 Å². The number of rotatable bonds is 4. The Morgan fingerprint density at radius 1 is 1.53 bits per heavy atom. The number of nitrogens with zero attached hydrogens (tertiary/aromatic N) is 4. The van der Waals surface area contributed by atoms with E-state index in [1.807, 2.05) is 12.1 Å². The van der Waals surface area contributed by atoms with Crippen LogP contribution in [0, 0.1) is 0 Å². The van der Waals surface area contributed by atoms with Crippen molar-refractivity contribution < 1.29 is 9.90 Å². The van der Waals surface area contributed by atoms with Crippen molar-refractivity contribution in [2.45, 2.75) is 12.5 Å². The molecule has 0 unspecified atom stereocenters. The van der Waals surface area contributed by atoms with E-state index in [1.165, 1.54) is 11.0 Å². The molecule has 0 aliphatic rings. The van der Waals surface area contributed by atoms with Crippen LogP contribution < -0.4 is 5.73 Å². The largest absolute Gasteiger partial charge is 0.480 e. The third kappa shape index (κ3) is 2.64. The number of aliphatic carboxylic acids is 1. The first-order chi connectivity index (χ1) is 8.16. The van der Waals surface area contributed by atoms with Gasteiger partial charge in [-0.05, 0) is 34.5 Å². The summed E-state index contributed by atoms with van der Waals surface area (Å²) in [6.07, 6.45) is 1.74. The molecule has 1 aromatic heterocycles. The molecule has 1 atom stereocenters. The van der Waals surface area contributed by atoms with E-state index in [2.05, 4.69) is 15.5 Å². The molecule has 0 saturated heterocycles. The van der Waals surface area contributed by atoms with Crippen molar-refractivity contribution >= 4 is 5.97 Å². The predicted molar refractivity (Wildman–Crippen MR) is 58.5 cm³/mol. The number of aromatic nitrogens is 4. The van der Waals surface area contributed by atoms with Gasteiger partial charge < -0.3 is 10.8 Å². The van der Waals surface area contributed by atoms with Crippen LogP contribution in [0.4, 0.5) is 0 Å². The molecule has 17 heavy (non-hydrogen) atoms. The first-order valence-electron chi connectivity index (χ1n) is 4.97. The van der Waals surface area contributed by atoms with Gasteiger partial charge in [-0.25, -0.2) is 4.68 Å². The summed E-state index contributed by atoms with van der Waals surface area (Å²) in [7, 11) is 0. The van der Waals surface area contributed by atoms with E-state index < -0.39 is 12.0 Å². The number of tetrazole rings is 1. The van der Waals surface area contributed by atoms with E-state index in [4.69, 9.17) is 10.8 Å². The zero-order valence-electron chi connectivity index (χ0n) is 8.89. The summed E-state index contributed by atoms with van der Waals surface area (Å²) in [6.45, 7) is 0. The van der Waals surface area contributed by atoms with Gasteiger partial charge in [-0.3, -0.25) is 4.79 Å². The number of carbonyl (C=O) groups is 1. The Morgan fingerprint density at radius 2 is 2.35 bits per heavy atom. The minimum atomic E-state index is -1.02. The number of benzene rings is 1. The molecule has 1 heterocycles. The highest BCUT2D eigenvalue weighted by atomic mass is 16.4. The lowest BCUT2D eigenvalue weighted by Crippen LogP contribution is -2.32. The highest BCUT2D eigenvalue weighted by Gasteiger charge is 2.12. The minimum absolute atomic E-state index is 0.269. The van der Waals surface area contributed by atoms with Crippen LogP contribution in [0.3, 0.4) is 0 Å². The van der Waals surface area contributed by atoms with E-state index in [9.17, 15) is 4.79 Å². The number of hydrogen-bond donors (Lipinski definition) is 2. The maximum atomic E-state index is 10.7. The molecule has 0 bridgehead atoms. The van der Waals surface area contributed by atoms with Crippen molar-refractivity contribution in [3.63, 3.8) is 0 Å². The average molecular weight is 233 g/mol. The Morgan fingerprint density at radius 3 is 3.00 bits per heavy atom. The lowest BCUT2D eigenvalue weighted by Gasteiger charge is -2.07. The number of carboxylic acids is 1. The summed E-state index contributed by atoms with van der Waals surface area (Å²) in [5.41, 5.74) is 7.07. The summed E-state index contributed by atoms with van der Waals surface area (Å²) in [5, 5.41) is 19.5. The highest BCUT2D eigenvalue weighted by Crippen LogP contribution is 2.10. The van der Waals surface area contributed by atoms with Gasteiger partial charge in [0.25, 0.3) is 0 Å². The number of carboxylic acid groups (broad SMARTS) is 1. The third-order valence-electron chi connectivity index (χ3n) is 2.30. The quantitative estimate of drug-likeness (QED) is 0.745. The molecule has 0 radical (unpaired) electrons. The van der Waals surface area contributed by atoms with Crippen LogP contribution in [0.2, 0.25) is 0 Å². The second-order valence-corrected chi connectivity index (χ2v) is 3.57. The number of hydrogen-bond acceptors (Lipinski definition) is 5. The van der Waals surface area contributed by atoms with Crippen LogP contribution in [0.15, 0.2) is 30.6 Å². The Hall–Kier alpha value is -2.28. The molecule has 1 aromatic carbocycles. The van der Waals surface area contributed by atoms with Crippen molar-refractivity contribution in [2.75, 3.05) is 0 Å². The van der Waals surface area contributed by atoms with E-state index in [0.29, 0.717) is 0 Å². The maximum Gasteiger partial charge on any atom is 0.320 e. The zero-order chi connectivity index (χ0) is 12.3. The Kier molecular flexibility index (Phi) is 3.10. The van der Waals surface area contributed by atoms with E-state index in [-0.39, 0.29) is 6.42 Å². The fourth-order valence-electron chi connectivity index (χ4n) is 1.45. The summed E-state index contributed by atoms with van der Waals surface area (Å²) in [5.74, 6) is -1.02. The second kappa shape index (κ2) is 4.71. The first kappa shape index (κ1) is 11.2. The molecule has 2 aromatic rings. The van der Waals surface area contributed by atoms with Gasteiger partial charge in [0.1, 0.15) is 12.4 Å². The van der Waals surface area contributed by atoms with Crippen molar-refractivity contribution in [1.82, 2.24) is 20.2 Å². The smallest absolute Gasteiger partial charge is 0.320 e. The minimum Gasteiger partial charge on any atom is -0.480 e. The summed E-state index contributed by atoms with van der Waals surface area (Å²) < 4.78 is 1.50. The van der Waals surface area contributed by atoms with Crippen LogP contribution in [0.25, 0.3) is 5.69 Å². The Balaban J connectivity index is 2.20. The molecule has 2 rings (SSSR count). The van der Waals surface area contributed by atoms with Crippen LogP contribution in [-0.4, -0.2) is 37.3 Å². The van der Waals surface area contributed by atoms with Gasteiger partial charge in [0.05, 0.1) is 5.69 Å². The van der Waals surface area contributed by atoms with Gasteiger partial charge in [-0.1, -0.05) is 12.1 Å². The molecule has 0 spiro atoms. The predicted octanol–water partition coefficient (Wildman–Crippen LogP) is -0.383. The van der Waals surface area contributed by atoms with Gasteiger partial charge in [-0.15, -0.1) is 5.10 Å². The van der Waals surface area contributed by atoms with Gasteiger partial charge in [0.15, 0.2) is 0 Å². The summed E-state index contributed by atoms with van der Waals surface area (Å²) in [6, 6.07) is 6.35. The van der Waals surface area contributed by atoms with E-state index in [1.54, 1.807) is 12.1 Å². The molecule has 0 amide bonds. The lowest BCUT2D eigenvalue weighted by atomic mass is 10.1. The normalized spacial score (nSPS) is 12.3. The van der Waals surface area contributed by atoms with E-state index >= 15 is 0 Å².